The van der Waals surface area contributed by atoms with Crippen molar-refractivity contribution in [3.63, 3.8) is 0 Å². The number of aromatic nitrogens is 3. The minimum absolute atomic E-state index is 0.137. The standard InChI is InChI=1S/C23H18ClN5O2/c24-18-6-5-14(23(31)29-8-7-13-3-1-2-4-15(13)11-29)9-16(18)20(30)17-10-26-22-19(17)21(25)27-12-28-22/h1-6,9-10,12H,7-8,11H2,(H3,25,26,27,28). The fraction of sp³-hybridized carbons (Fsp3) is 0.130. The second kappa shape index (κ2) is 7.52. The molecule has 2 aromatic heterocycles. The summed E-state index contributed by atoms with van der Waals surface area (Å²) in [6, 6.07) is 12.9. The summed E-state index contributed by atoms with van der Waals surface area (Å²) in [5.41, 5.74) is 9.77. The van der Waals surface area contributed by atoms with E-state index in [4.69, 9.17) is 17.3 Å². The number of hydrogen-bond acceptors (Lipinski definition) is 5. The van der Waals surface area contributed by atoms with E-state index in [0.717, 1.165) is 12.0 Å². The van der Waals surface area contributed by atoms with Gasteiger partial charge in [0.05, 0.1) is 16.0 Å². The molecule has 31 heavy (non-hydrogen) atoms. The second-order valence-electron chi connectivity index (χ2n) is 7.45. The van der Waals surface area contributed by atoms with Crippen LogP contribution in [0.4, 0.5) is 5.82 Å². The van der Waals surface area contributed by atoms with E-state index in [9.17, 15) is 9.59 Å². The molecule has 0 bridgehead atoms. The van der Waals surface area contributed by atoms with E-state index in [-0.39, 0.29) is 28.1 Å². The molecule has 1 aliphatic heterocycles. The Bertz CT molecular complexity index is 1350. The third-order valence-corrected chi connectivity index (χ3v) is 5.95. The lowest BCUT2D eigenvalue weighted by Crippen LogP contribution is -2.36. The third kappa shape index (κ3) is 3.33. The summed E-state index contributed by atoms with van der Waals surface area (Å²) in [5, 5.41) is 0.697. The van der Waals surface area contributed by atoms with Gasteiger partial charge in [-0.05, 0) is 35.7 Å². The van der Waals surface area contributed by atoms with Crippen LogP contribution in [0.2, 0.25) is 5.02 Å². The van der Waals surface area contributed by atoms with Crippen molar-refractivity contribution in [2.45, 2.75) is 13.0 Å². The number of aromatic amines is 1. The van der Waals surface area contributed by atoms with E-state index in [1.165, 1.54) is 18.1 Å². The molecule has 0 fully saturated rings. The molecule has 0 saturated carbocycles. The van der Waals surface area contributed by atoms with Crippen LogP contribution in [-0.2, 0) is 13.0 Å². The number of H-pyrrole nitrogens is 1. The number of amides is 1. The average molecular weight is 432 g/mol. The molecule has 4 aromatic rings. The molecule has 1 amide bonds. The second-order valence-corrected chi connectivity index (χ2v) is 7.86. The predicted octanol–water partition coefficient (Wildman–Crippen LogP) is 3.62. The summed E-state index contributed by atoms with van der Waals surface area (Å²) in [5.74, 6) is -0.289. The molecule has 0 saturated heterocycles. The van der Waals surface area contributed by atoms with Gasteiger partial charge in [0.15, 0.2) is 5.78 Å². The Kier molecular flexibility index (Phi) is 4.67. The highest BCUT2D eigenvalue weighted by molar-refractivity contribution is 6.36. The highest BCUT2D eigenvalue weighted by atomic mass is 35.5. The van der Waals surface area contributed by atoms with E-state index in [1.807, 2.05) is 18.2 Å². The molecule has 3 heterocycles. The Labute approximate surface area is 182 Å². The molecule has 0 spiro atoms. The number of halogens is 1. The van der Waals surface area contributed by atoms with Gasteiger partial charge in [0.25, 0.3) is 5.91 Å². The number of nitrogen functional groups attached to an aromatic ring is 1. The molecule has 154 valence electrons. The Balaban J connectivity index is 1.48. The fourth-order valence-corrected chi connectivity index (χ4v) is 4.20. The number of fused-ring (bicyclic) bond motifs is 2. The lowest BCUT2D eigenvalue weighted by atomic mass is 9.98. The molecular formula is C23H18ClN5O2. The van der Waals surface area contributed by atoms with E-state index < -0.39 is 0 Å². The number of anilines is 1. The van der Waals surface area contributed by atoms with Gasteiger partial charge in [-0.25, -0.2) is 9.97 Å². The first-order valence-electron chi connectivity index (χ1n) is 9.81. The van der Waals surface area contributed by atoms with Crippen LogP contribution >= 0.6 is 11.6 Å². The van der Waals surface area contributed by atoms with Crippen LogP contribution in [0.5, 0.6) is 0 Å². The van der Waals surface area contributed by atoms with E-state index in [2.05, 4.69) is 21.0 Å². The van der Waals surface area contributed by atoms with Gasteiger partial charge in [0.1, 0.15) is 17.8 Å². The van der Waals surface area contributed by atoms with Crippen LogP contribution in [0.15, 0.2) is 55.0 Å². The minimum Gasteiger partial charge on any atom is -0.383 e. The maximum absolute atomic E-state index is 13.3. The number of benzene rings is 2. The van der Waals surface area contributed by atoms with E-state index in [1.54, 1.807) is 23.1 Å². The van der Waals surface area contributed by atoms with Crippen molar-refractivity contribution in [2.75, 3.05) is 12.3 Å². The predicted molar refractivity (Wildman–Crippen MR) is 118 cm³/mol. The van der Waals surface area contributed by atoms with Crippen LogP contribution < -0.4 is 5.73 Å². The zero-order valence-electron chi connectivity index (χ0n) is 16.4. The lowest BCUT2D eigenvalue weighted by molar-refractivity contribution is 0.0734. The van der Waals surface area contributed by atoms with Crippen LogP contribution in [0, 0.1) is 0 Å². The maximum Gasteiger partial charge on any atom is 0.254 e. The lowest BCUT2D eigenvalue weighted by Gasteiger charge is -2.29. The molecule has 3 N–H and O–H groups in total. The van der Waals surface area contributed by atoms with Crippen molar-refractivity contribution in [1.82, 2.24) is 19.9 Å². The Hall–Kier alpha value is -3.71. The minimum atomic E-state index is -0.351. The Morgan fingerprint density at radius 3 is 2.71 bits per heavy atom. The normalized spacial score (nSPS) is 13.3. The zero-order valence-corrected chi connectivity index (χ0v) is 17.2. The SMILES string of the molecule is Nc1ncnc2[nH]cc(C(=O)c3cc(C(=O)N4CCc5ccccc5C4)ccc3Cl)c12. The van der Waals surface area contributed by atoms with E-state index >= 15 is 0 Å². The topological polar surface area (TPSA) is 105 Å². The Morgan fingerprint density at radius 1 is 1.06 bits per heavy atom. The van der Waals surface area contributed by atoms with Crippen LogP contribution in [0.25, 0.3) is 11.0 Å². The molecule has 8 heteroatoms. The smallest absolute Gasteiger partial charge is 0.254 e. The largest absolute Gasteiger partial charge is 0.383 e. The van der Waals surface area contributed by atoms with Gasteiger partial charge in [-0.15, -0.1) is 0 Å². The third-order valence-electron chi connectivity index (χ3n) is 5.62. The molecule has 0 atom stereocenters. The quantitative estimate of drug-likeness (QED) is 0.482. The summed E-state index contributed by atoms with van der Waals surface area (Å²) in [4.78, 5) is 39.2. The summed E-state index contributed by atoms with van der Waals surface area (Å²) in [7, 11) is 0. The van der Waals surface area contributed by atoms with E-state index in [0.29, 0.717) is 35.2 Å². The number of nitrogens with one attached hydrogen (secondary N) is 1. The highest BCUT2D eigenvalue weighted by Gasteiger charge is 2.24. The van der Waals surface area contributed by atoms with Gasteiger partial charge < -0.3 is 15.6 Å². The number of rotatable bonds is 3. The van der Waals surface area contributed by atoms with Gasteiger partial charge in [-0.3, -0.25) is 9.59 Å². The summed E-state index contributed by atoms with van der Waals surface area (Å²) >= 11 is 6.34. The number of nitrogens with zero attached hydrogens (tertiary/aromatic N) is 3. The fourth-order valence-electron chi connectivity index (χ4n) is 4.00. The molecule has 1 aliphatic rings. The average Bonchev–Trinajstić information content (AvgIpc) is 3.24. The first-order chi connectivity index (χ1) is 15.0. The van der Waals surface area contributed by atoms with Gasteiger partial charge >= 0.3 is 0 Å². The number of carbonyl (C=O) groups is 2. The number of ketones is 1. The summed E-state index contributed by atoms with van der Waals surface area (Å²) in [6.07, 6.45) is 3.66. The monoisotopic (exact) mass is 431 g/mol. The van der Waals surface area contributed by atoms with Crippen LogP contribution in [-0.4, -0.2) is 38.1 Å². The summed E-state index contributed by atoms with van der Waals surface area (Å²) in [6.45, 7) is 1.16. The maximum atomic E-state index is 13.3. The highest BCUT2D eigenvalue weighted by Crippen LogP contribution is 2.28. The molecule has 0 radical (unpaired) electrons. The van der Waals surface area contributed by atoms with Crippen molar-refractivity contribution in [1.29, 1.82) is 0 Å². The van der Waals surface area contributed by atoms with Crippen molar-refractivity contribution in [2.24, 2.45) is 0 Å². The zero-order chi connectivity index (χ0) is 21.5. The van der Waals surface area contributed by atoms with Gasteiger partial charge in [-0.1, -0.05) is 35.9 Å². The first-order valence-corrected chi connectivity index (χ1v) is 10.2. The number of nitrogens with two attached hydrogens (primary N) is 1. The number of carbonyl (C=O) groups excluding carboxylic acids is 2. The molecule has 0 unspecified atom stereocenters. The number of hydrogen-bond donors (Lipinski definition) is 2. The van der Waals surface area contributed by atoms with Crippen LogP contribution in [0.1, 0.15) is 37.4 Å². The molecule has 2 aromatic carbocycles. The van der Waals surface area contributed by atoms with Gasteiger partial charge in [0.2, 0.25) is 0 Å². The Morgan fingerprint density at radius 2 is 1.87 bits per heavy atom. The van der Waals surface area contributed by atoms with Crippen molar-refractivity contribution in [3.8, 4) is 0 Å². The molecule has 5 rings (SSSR count). The first kappa shape index (κ1) is 19.3. The summed E-state index contributed by atoms with van der Waals surface area (Å²) < 4.78 is 0. The van der Waals surface area contributed by atoms with Crippen molar-refractivity contribution < 1.29 is 9.59 Å². The molecule has 7 nitrogen and oxygen atoms in total. The van der Waals surface area contributed by atoms with Gasteiger partial charge in [-0.2, -0.15) is 0 Å². The van der Waals surface area contributed by atoms with Crippen LogP contribution in [0.3, 0.4) is 0 Å². The van der Waals surface area contributed by atoms with Gasteiger partial charge in [0, 0.05) is 30.4 Å². The van der Waals surface area contributed by atoms with Crippen molar-refractivity contribution in [3.05, 3.63) is 87.8 Å². The molecular weight excluding hydrogens is 414 g/mol. The van der Waals surface area contributed by atoms with Crippen molar-refractivity contribution >= 4 is 40.1 Å². The molecule has 0 aliphatic carbocycles.